The number of aromatic nitrogens is 1. The summed E-state index contributed by atoms with van der Waals surface area (Å²) in [6.45, 7) is 0. The number of nitriles is 1. The summed E-state index contributed by atoms with van der Waals surface area (Å²) >= 11 is 0. The van der Waals surface area contributed by atoms with E-state index in [1.807, 2.05) is 30.3 Å². The van der Waals surface area contributed by atoms with Crippen molar-refractivity contribution in [1.82, 2.24) is 4.98 Å². The number of nitrogens with two attached hydrogens (primary N) is 1. The zero-order chi connectivity index (χ0) is 16.2. The lowest BCUT2D eigenvalue weighted by atomic mass is 10.2. The van der Waals surface area contributed by atoms with E-state index in [2.05, 4.69) is 15.5 Å². The second-order valence-corrected chi connectivity index (χ2v) is 4.67. The molecule has 3 aromatic rings. The Morgan fingerprint density at radius 2 is 2.04 bits per heavy atom. The van der Waals surface area contributed by atoms with E-state index in [0.29, 0.717) is 22.7 Å². The van der Waals surface area contributed by atoms with Gasteiger partial charge in [0.05, 0.1) is 5.69 Å². The van der Waals surface area contributed by atoms with Gasteiger partial charge in [0.25, 0.3) is 0 Å². The molecule has 0 amide bonds. The van der Waals surface area contributed by atoms with Crippen LogP contribution in [0.5, 0.6) is 0 Å². The fourth-order valence-corrected chi connectivity index (χ4v) is 1.97. The Labute approximate surface area is 131 Å². The highest BCUT2D eigenvalue weighted by atomic mass is 16.3. The Morgan fingerprint density at radius 1 is 1.26 bits per heavy atom. The van der Waals surface area contributed by atoms with E-state index in [1.54, 1.807) is 24.3 Å². The van der Waals surface area contributed by atoms with Gasteiger partial charge in [0.15, 0.2) is 11.4 Å². The molecule has 4 N–H and O–H groups in total. The monoisotopic (exact) mass is 304 g/mol. The fraction of sp³-hybridized carbons (Fsp3) is 0. The third-order valence-corrected chi connectivity index (χ3v) is 3.07. The molecule has 0 aliphatic rings. The molecule has 0 saturated carbocycles. The van der Waals surface area contributed by atoms with Gasteiger partial charge in [-0.1, -0.05) is 18.2 Å². The van der Waals surface area contributed by atoms with Gasteiger partial charge in [0.2, 0.25) is 11.6 Å². The van der Waals surface area contributed by atoms with Crippen LogP contribution >= 0.6 is 0 Å². The molecule has 0 atom stereocenters. The first-order valence-corrected chi connectivity index (χ1v) is 6.71. The first-order valence-electron chi connectivity index (χ1n) is 6.71. The van der Waals surface area contributed by atoms with Crippen LogP contribution in [0.1, 0.15) is 0 Å². The maximum atomic E-state index is 8.81. The van der Waals surface area contributed by atoms with Gasteiger partial charge in [0, 0.05) is 5.56 Å². The van der Waals surface area contributed by atoms with Gasteiger partial charge in [-0.3, -0.25) is 10.8 Å². The molecular weight excluding hydrogens is 292 g/mol. The summed E-state index contributed by atoms with van der Waals surface area (Å²) in [5.41, 5.74) is 10.5. The van der Waals surface area contributed by atoms with E-state index in [-0.39, 0.29) is 5.71 Å². The van der Waals surface area contributed by atoms with Crippen LogP contribution in [0.15, 0.2) is 58.0 Å². The highest BCUT2D eigenvalue weighted by Crippen LogP contribution is 2.25. The number of amidine groups is 1. The van der Waals surface area contributed by atoms with Crippen LogP contribution in [0.2, 0.25) is 0 Å². The van der Waals surface area contributed by atoms with Crippen LogP contribution in [-0.4, -0.2) is 16.5 Å². The van der Waals surface area contributed by atoms with E-state index in [0.717, 1.165) is 5.56 Å². The van der Waals surface area contributed by atoms with Gasteiger partial charge in [-0.15, -0.1) is 0 Å². The Hall–Kier alpha value is -3.66. The van der Waals surface area contributed by atoms with Crippen molar-refractivity contribution in [2.75, 3.05) is 5.43 Å². The van der Waals surface area contributed by atoms with Crippen molar-refractivity contribution < 1.29 is 4.42 Å². The van der Waals surface area contributed by atoms with Crippen molar-refractivity contribution in [1.29, 1.82) is 10.7 Å². The van der Waals surface area contributed by atoms with Crippen LogP contribution in [0.3, 0.4) is 0 Å². The predicted molar refractivity (Wildman–Crippen MR) is 88.0 cm³/mol. The fourth-order valence-electron chi connectivity index (χ4n) is 1.97. The second-order valence-electron chi connectivity index (χ2n) is 4.67. The number of fused-ring (bicyclic) bond motifs is 1. The molecule has 7 nitrogen and oxygen atoms in total. The van der Waals surface area contributed by atoms with Crippen LogP contribution in [0.25, 0.3) is 22.6 Å². The van der Waals surface area contributed by atoms with Gasteiger partial charge < -0.3 is 10.2 Å². The molecule has 1 aromatic heterocycles. The molecule has 1 heterocycles. The smallest absolute Gasteiger partial charge is 0.227 e. The number of rotatable bonds is 4. The van der Waals surface area contributed by atoms with Gasteiger partial charge in [-0.05, 0) is 30.3 Å². The molecule has 0 aliphatic heterocycles. The van der Waals surface area contributed by atoms with Gasteiger partial charge in [-0.2, -0.15) is 10.4 Å². The summed E-state index contributed by atoms with van der Waals surface area (Å²) in [5, 5.41) is 19.8. The second kappa shape index (κ2) is 5.99. The van der Waals surface area contributed by atoms with Gasteiger partial charge in [0.1, 0.15) is 11.6 Å². The minimum atomic E-state index is -0.395. The van der Waals surface area contributed by atoms with Crippen molar-refractivity contribution in [2.45, 2.75) is 0 Å². The van der Waals surface area contributed by atoms with Crippen molar-refractivity contribution in [3.05, 3.63) is 48.5 Å². The number of nitrogens with one attached hydrogen (secondary N) is 2. The lowest BCUT2D eigenvalue weighted by molar-refractivity contribution is 0.620. The topological polar surface area (TPSA) is 124 Å². The van der Waals surface area contributed by atoms with Gasteiger partial charge in [-0.25, -0.2) is 4.98 Å². The molecule has 23 heavy (non-hydrogen) atoms. The number of hydrazone groups is 1. The maximum Gasteiger partial charge on any atom is 0.227 e. The molecule has 0 unspecified atom stereocenters. The Kier molecular flexibility index (Phi) is 3.72. The molecule has 2 aromatic carbocycles. The average Bonchev–Trinajstić information content (AvgIpc) is 2.99. The highest BCUT2D eigenvalue weighted by Gasteiger charge is 2.08. The highest BCUT2D eigenvalue weighted by molar-refractivity contribution is 6.45. The number of oxazole rings is 1. The van der Waals surface area contributed by atoms with E-state index in [1.165, 1.54) is 0 Å². The first kappa shape index (κ1) is 14.3. The minimum Gasteiger partial charge on any atom is -0.436 e. The van der Waals surface area contributed by atoms with Crippen molar-refractivity contribution in [3.8, 4) is 17.5 Å². The standard InChI is InChI=1S/C16H12N6O/c17-9-13(15(18)19)22-21-11-6-7-14-12(8-11)20-16(23-14)10-4-2-1-3-5-10/h1-8,21H,(H3,18,19)/b22-13+. The van der Waals surface area contributed by atoms with Crippen molar-refractivity contribution in [3.63, 3.8) is 0 Å². The molecule has 0 radical (unpaired) electrons. The summed E-state index contributed by atoms with van der Waals surface area (Å²) in [4.78, 5) is 4.44. The molecule has 7 heteroatoms. The van der Waals surface area contributed by atoms with Crippen LogP contribution in [-0.2, 0) is 0 Å². The third-order valence-electron chi connectivity index (χ3n) is 3.07. The first-order chi connectivity index (χ1) is 11.2. The van der Waals surface area contributed by atoms with E-state index < -0.39 is 5.84 Å². The average molecular weight is 304 g/mol. The zero-order valence-electron chi connectivity index (χ0n) is 11.9. The number of hydrogen-bond donors (Lipinski definition) is 3. The lowest BCUT2D eigenvalue weighted by Crippen LogP contribution is -2.21. The SMILES string of the molecule is N#C/C(=N\Nc1ccc2oc(-c3ccccc3)nc2c1)C(=N)N. The summed E-state index contributed by atoms with van der Waals surface area (Å²) < 4.78 is 5.71. The molecule has 0 fully saturated rings. The summed E-state index contributed by atoms with van der Waals surface area (Å²) in [6, 6.07) is 16.6. The van der Waals surface area contributed by atoms with Crippen LogP contribution in [0.4, 0.5) is 5.69 Å². The molecule has 0 spiro atoms. The molecule has 0 bridgehead atoms. The van der Waals surface area contributed by atoms with E-state index >= 15 is 0 Å². The largest absolute Gasteiger partial charge is 0.436 e. The van der Waals surface area contributed by atoms with Crippen LogP contribution < -0.4 is 11.2 Å². The summed E-state index contributed by atoms with van der Waals surface area (Å²) in [5.74, 6) is 0.136. The normalized spacial score (nSPS) is 11.2. The lowest BCUT2D eigenvalue weighted by Gasteiger charge is -2.00. The minimum absolute atomic E-state index is 0.185. The molecule has 3 rings (SSSR count). The Balaban J connectivity index is 1.91. The van der Waals surface area contributed by atoms with Crippen LogP contribution in [0, 0.1) is 16.7 Å². The quantitative estimate of drug-likeness (QED) is 0.388. The van der Waals surface area contributed by atoms with E-state index in [4.69, 9.17) is 20.8 Å². The number of nitrogens with zero attached hydrogens (tertiary/aromatic N) is 3. The maximum absolute atomic E-state index is 8.81. The number of anilines is 1. The van der Waals surface area contributed by atoms with Crippen molar-refractivity contribution in [2.24, 2.45) is 10.8 Å². The third kappa shape index (κ3) is 3.01. The molecular formula is C16H12N6O. The van der Waals surface area contributed by atoms with Crippen molar-refractivity contribution >= 4 is 28.3 Å². The molecule has 0 aliphatic carbocycles. The Bertz CT molecular complexity index is 936. The summed E-state index contributed by atoms with van der Waals surface area (Å²) in [6.07, 6.45) is 0. The molecule has 0 saturated heterocycles. The van der Waals surface area contributed by atoms with E-state index in [9.17, 15) is 0 Å². The molecule has 112 valence electrons. The van der Waals surface area contributed by atoms with Gasteiger partial charge >= 0.3 is 0 Å². The summed E-state index contributed by atoms with van der Waals surface area (Å²) in [7, 11) is 0. The predicted octanol–water partition coefficient (Wildman–Crippen LogP) is 2.72. The Morgan fingerprint density at radius 3 is 2.74 bits per heavy atom. The zero-order valence-corrected chi connectivity index (χ0v) is 11.9. The number of benzene rings is 2. The number of hydrogen-bond acceptors (Lipinski definition) is 6.